The lowest BCUT2D eigenvalue weighted by atomic mass is 10.0. The number of nitrogens with zero attached hydrogens (tertiary/aromatic N) is 1. The van der Waals surface area contributed by atoms with Gasteiger partial charge in [-0.2, -0.15) is 0 Å². The molecule has 1 amide bonds. The lowest BCUT2D eigenvalue weighted by Gasteiger charge is -2.18. The average Bonchev–Trinajstić information content (AvgIpc) is 2.89. The van der Waals surface area contributed by atoms with Crippen molar-refractivity contribution in [2.24, 2.45) is 0 Å². The highest BCUT2D eigenvalue weighted by Gasteiger charge is 2.13. The summed E-state index contributed by atoms with van der Waals surface area (Å²) in [6.45, 7) is 4.32. The third-order valence-electron chi connectivity index (χ3n) is 3.80. The molecular weight excluding hydrogens is 312 g/mol. The first-order valence-corrected chi connectivity index (χ1v) is 8.51. The largest absolute Gasteiger partial charge is 0.497 e. The molecule has 0 fully saturated rings. The maximum atomic E-state index is 12.2. The van der Waals surface area contributed by atoms with Crippen molar-refractivity contribution in [2.45, 2.75) is 39.3 Å². The Labute approximate surface area is 139 Å². The quantitative estimate of drug-likeness (QED) is 0.847. The van der Waals surface area contributed by atoms with Crippen molar-refractivity contribution in [3.63, 3.8) is 0 Å². The van der Waals surface area contributed by atoms with Gasteiger partial charge >= 0.3 is 4.87 Å². The molecule has 1 aromatic heterocycles. The van der Waals surface area contributed by atoms with E-state index < -0.39 is 0 Å². The van der Waals surface area contributed by atoms with E-state index in [1.807, 2.05) is 43.5 Å². The molecule has 1 heterocycles. The van der Waals surface area contributed by atoms with Gasteiger partial charge in [0.1, 0.15) is 5.75 Å². The van der Waals surface area contributed by atoms with Gasteiger partial charge in [-0.25, -0.2) is 0 Å². The van der Waals surface area contributed by atoms with Crippen molar-refractivity contribution < 1.29 is 9.53 Å². The topological polar surface area (TPSA) is 60.3 Å². The number of methoxy groups -OCH3 is 1. The normalized spacial score (nSPS) is 12.0. The van der Waals surface area contributed by atoms with Gasteiger partial charge in [-0.3, -0.25) is 9.59 Å². The molecule has 1 atom stereocenters. The second-order valence-corrected chi connectivity index (χ2v) is 6.17. The Hall–Kier alpha value is -2.08. The van der Waals surface area contributed by atoms with Gasteiger partial charge in [-0.05, 0) is 31.0 Å². The Kier molecular flexibility index (Phi) is 5.98. The van der Waals surface area contributed by atoms with E-state index in [0.717, 1.165) is 23.4 Å². The van der Waals surface area contributed by atoms with Gasteiger partial charge < -0.3 is 14.6 Å². The Balaban J connectivity index is 1.95. The fourth-order valence-corrected chi connectivity index (χ4v) is 3.17. The van der Waals surface area contributed by atoms with Gasteiger partial charge in [0.15, 0.2) is 0 Å². The summed E-state index contributed by atoms with van der Waals surface area (Å²) in [7, 11) is 1.63. The van der Waals surface area contributed by atoms with Crippen LogP contribution in [0.2, 0.25) is 0 Å². The summed E-state index contributed by atoms with van der Waals surface area (Å²) in [6, 6.07) is 7.66. The smallest absolute Gasteiger partial charge is 0.307 e. The van der Waals surface area contributed by atoms with E-state index in [9.17, 15) is 9.59 Å². The lowest BCUT2D eigenvalue weighted by Crippen LogP contribution is -2.29. The molecule has 2 aromatic rings. The highest BCUT2D eigenvalue weighted by atomic mass is 32.1. The number of amides is 1. The molecule has 0 saturated carbocycles. The highest BCUT2D eigenvalue weighted by molar-refractivity contribution is 7.07. The van der Waals surface area contributed by atoms with Crippen molar-refractivity contribution in [3.05, 3.63) is 50.6 Å². The first-order chi connectivity index (χ1) is 11.0. The van der Waals surface area contributed by atoms with E-state index in [1.54, 1.807) is 11.7 Å². The minimum atomic E-state index is -0.0508. The maximum absolute atomic E-state index is 12.2. The number of aryl methyl sites for hydroxylation is 1. The van der Waals surface area contributed by atoms with Crippen molar-refractivity contribution >= 4 is 17.2 Å². The molecule has 0 saturated heterocycles. The molecular formula is C17H22N2O3S. The third-order valence-corrected chi connectivity index (χ3v) is 4.68. The number of aromatic nitrogens is 1. The van der Waals surface area contributed by atoms with Crippen LogP contribution in [0.5, 0.6) is 5.75 Å². The molecule has 5 nitrogen and oxygen atoms in total. The Bertz CT molecular complexity index is 703. The van der Waals surface area contributed by atoms with Gasteiger partial charge in [0, 0.05) is 24.0 Å². The van der Waals surface area contributed by atoms with E-state index in [2.05, 4.69) is 5.32 Å². The van der Waals surface area contributed by atoms with Crippen LogP contribution in [-0.2, 0) is 11.3 Å². The Morgan fingerprint density at radius 2 is 2.04 bits per heavy atom. The maximum Gasteiger partial charge on any atom is 0.307 e. The summed E-state index contributed by atoms with van der Waals surface area (Å²) in [5, 5.41) is 4.84. The van der Waals surface area contributed by atoms with Crippen LogP contribution in [0.25, 0.3) is 0 Å². The van der Waals surface area contributed by atoms with Gasteiger partial charge in [-0.15, -0.1) is 0 Å². The summed E-state index contributed by atoms with van der Waals surface area (Å²) in [6.07, 6.45) is 1.10. The monoisotopic (exact) mass is 334 g/mol. The molecule has 2 rings (SSSR count). The zero-order chi connectivity index (χ0) is 16.8. The molecule has 1 N–H and O–H groups in total. The first kappa shape index (κ1) is 17.3. The minimum absolute atomic E-state index is 0.0162. The molecule has 1 aromatic carbocycles. The number of benzene rings is 1. The van der Waals surface area contributed by atoms with Crippen LogP contribution in [0.4, 0.5) is 0 Å². The van der Waals surface area contributed by atoms with Crippen LogP contribution in [0.3, 0.4) is 0 Å². The van der Waals surface area contributed by atoms with E-state index in [1.165, 1.54) is 11.3 Å². The highest BCUT2D eigenvalue weighted by Crippen LogP contribution is 2.20. The van der Waals surface area contributed by atoms with E-state index >= 15 is 0 Å². The van der Waals surface area contributed by atoms with Gasteiger partial charge in [0.25, 0.3) is 0 Å². The van der Waals surface area contributed by atoms with Gasteiger partial charge in [0.05, 0.1) is 13.2 Å². The predicted molar refractivity (Wildman–Crippen MR) is 92.1 cm³/mol. The molecule has 124 valence electrons. The van der Waals surface area contributed by atoms with Gasteiger partial charge in [-0.1, -0.05) is 30.4 Å². The van der Waals surface area contributed by atoms with Crippen molar-refractivity contribution in [3.8, 4) is 5.75 Å². The van der Waals surface area contributed by atoms with Crippen LogP contribution in [0.15, 0.2) is 34.4 Å². The Morgan fingerprint density at radius 1 is 1.35 bits per heavy atom. The number of rotatable bonds is 7. The molecule has 0 unspecified atom stereocenters. The van der Waals surface area contributed by atoms with E-state index in [4.69, 9.17) is 4.74 Å². The second kappa shape index (κ2) is 7.97. The minimum Gasteiger partial charge on any atom is -0.497 e. The molecule has 0 aliphatic heterocycles. The third kappa shape index (κ3) is 4.45. The van der Waals surface area contributed by atoms with Crippen LogP contribution in [0.1, 0.15) is 37.1 Å². The zero-order valence-corrected chi connectivity index (χ0v) is 14.5. The van der Waals surface area contributed by atoms with Crippen molar-refractivity contribution in [1.82, 2.24) is 9.88 Å². The summed E-state index contributed by atoms with van der Waals surface area (Å²) in [4.78, 5) is 23.8. The zero-order valence-electron chi connectivity index (χ0n) is 13.7. The van der Waals surface area contributed by atoms with E-state index in [0.29, 0.717) is 13.0 Å². The molecule has 23 heavy (non-hydrogen) atoms. The van der Waals surface area contributed by atoms with Crippen molar-refractivity contribution in [2.75, 3.05) is 7.11 Å². The molecule has 0 spiro atoms. The molecule has 0 bridgehead atoms. The number of thiazole rings is 1. The number of nitrogens with one attached hydrogen (secondary N) is 1. The average molecular weight is 334 g/mol. The van der Waals surface area contributed by atoms with Crippen LogP contribution < -0.4 is 14.9 Å². The predicted octanol–water partition coefficient (Wildman–Crippen LogP) is 2.88. The first-order valence-electron chi connectivity index (χ1n) is 7.63. The van der Waals surface area contributed by atoms with Crippen LogP contribution in [-0.4, -0.2) is 17.6 Å². The standard InChI is InChI=1S/C17H22N2O3S/c1-4-15(13-5-7-14(22-3)8-6-13)18-16(20)9-10-19-12(2)11-23-17(19)21/h5-8,11,15H,4,9-10H2,1-3H3,(H,18,20)/t15-/m1/s1. The molecule has 6 heteroatoms. The van der Waals surface area contributed by atoms with Crippen LogP contribution >= 0.6 is 11.3 Å². The lowest BCUT2D eigenvalue weighted by molar-refractivity contribution is -0.122. The number of ether oxygens (including phenoxy) is 1. The summed E-state index contributed by atoms with van der Waals surface area (Å²) < 4.78 is 6.78. The van der Waals surface area contributed by atoms with Gasteiger partial charge in [0.2, 0.25) is 5.91 Å². The summed E-state index contributed by atoms with van der Waals surface area (Å²) in [5.74, 6) is 0.743. The fraction of sp³-hybridized carbons (Fsp3) is 0.412. The second-order valence-electron chi connectivity index (χ2n) is 5.35. The number of carbonyl (C=O) groups is 1. The van der Waals surface area contributed by atoms with Crippen molar-refractivity contribution in [1.29, 1.82) is 0 Å². The molecule has 0 aliphatic rings. The molecule has 0 radical (unpaired) electrons. The summed E-state index contributed by atoms with van der Waals surface area (Å²) >= 11 is 1.17. The number of hydrogen-bond donors (Lipinski definition) is 1. The fourth-order valence-electron chi connectivity index (χ4n) is 2.41. The summed E-state index contributed by atoms with van der Waals surface area (Å²) in [5.41, 5.74) is 1.94. The number of hydrogen-bond acceptors (Lipinski definition) is 4. The SMILES string of the molecule is CC[C@@H](NC(=O)CCn1c(C)csc1=O)c1ccc(OC)cc1. The molecule has 0 aliphatic carbocycles. The number of carbonyl (C=O) groups excluding carboxylic acids is 1. The Morgan fingerprint density at radius 3 is 2.57 bits per heavy atom. The van der Waals surface area contributed by atoms with E-state index in [-0.39, 0.29) is 16.8 Å². The van der Waals surface area contributed by atoms with Crippen LogP contribution in [0, 0.1) is 6.92 Å².